The quantitative estimate of drug-likeness (QED) is 0.467. The number of rotatable bonds is 6. The van der Waals surface area contributed by atoms with Gasteiger partial charge in [-0.2, -0.15) is 5.10 Å². The zero-order valence-electron chi connectivity index (χ0n) is 16.3. The topological polar surface area (TPSA) is 105 Å². The third kappa shape index (κ3) is 3.64. The fourth-order valence-corrected chi connectivity index (χ4v) is 3.10. The summed E-state index contributed by atoms with van der Waals surface area (Å²) in [4.78, 5) is 20.4. The van der Waals surface area contributed by atoms with Crippen LogP contribution >= 0.6 is 0 Å². The van der Waals surface area contributed by atoms with Crippen molar-refractivity contribution >= 4 is 16.9 Å². The van der Waals surface area contributed by atoms with E-state index in [1.54, 1.807) is 26.4 Å². The molecule has 1 amide bonds. The number of ether oxygens (including phenoxy) is 2. The Balaban J connectivity index is 1.51. The average Bonchev–Trinajstić information content (AvgIpc) is 3.40. The van der Waals surface area contributed by atoms with Gasteiger partial charge in [-0.25, -0.2) is 4.98 Å². The number of nitrogens with zero attached hydrogens (tertiary/aromatic N) is 2. The molecule has 2 aromatic heterocycles. The average molecular weight is 391 g/mol. The summed E-state index contributed by atoms with van der Waals surface area (Å²) >= 11 is 0. The van der Waals surface area contributed by atoms with Crippen LogP contribution in [0.4, 0.5) is 0 Å². The molecule has 8 nitrogen and oxygen atoms in total. The van der Waals surface area contributed by atoms with Crippen molar-refractivity contribution in [2.24, 2.45) is 0 Å². The molecule has 0 radical (unpaired) electrons. The molecule has 0 bridgehead atoms. The summed E-state index contributed by atoms with van der Waals surface area (Å²) in [6.45, 7) is 1.88. The first-order valence-electron chi connectivity index (χ1n) is 9.12. The normalized spacial score (nSPS) is 12.0. The molecule has 8 heteroatoms. The van der Waals surface area contributed by atoms with Gasteiger partial charge in [0.1, 0.15) is 11.5 Å². The Kier molecular flexibility index (Phi) is 4.90. The van der Waals surface area contributed by atoms with E-state index in [1.165, 1.54) is 0 Å². The third-order valence-electron chi connectivity index (χ3n) is 4.67. The number of amides is 1. The van der Waals surface area contributed by atoms with Crippen molar-refractivity contribution in [3.8, 4) is 22.8 Å². The molecule has 2 aromatic carbocycles. The predicted molar refractivity (Wildman–Crippen MR) is 109 cm³/mol. The number of methoxy groups -OCH3 is 2. The molecule has 3 N–H and O–H groups in total. The third-order valence-corrected chi connectivity index (χ3v) is 4.67. The minimum absolute atomic E-state index is 0.266. The Morgan fingerprint density at radius 1 is 1.07 bits per heavy atom. The number of fused-ring (bicyclic) bond motifs is 1. The molecule has 1 atom stereocenters. The highest BCUT2D eigenvalue weighted by Gasteiger charge is 2.17. The zero-order valence-corrected chi connectivity index (χ0v) is 16.3. The fraction of sp³-hybridized carbons (Fsp3) is 0.190. The van der Waals surface area contributed by atoms with Crippen LogP contribution in [0.25, 0.3) is 22.3 Å². The lowest BCUT2D eigenvalue weighted by molar-refractivity contribution is 0.0933. The lowest BCUT2D eigenvalue weighted by Crippen LogP contribution is -2.27. The highest BCUT2D eigenvalue weighted by atomic mass is 16.5. The molecular formula is C21H21N5O3. The van der Waals surface area contributed by atoms with Gasteiger partial charge in [0.05, 0.1) is 37.0 Å². The van der Waals surface area contributed by atoms with Crippen LogP contribution in [-0.2, 0) is 0 Å². The molecule has 4 aromatic rings. The van der Waals surface area contributed by atoms with E-state index in [1.807, 2.05) is 43.3 Å². The van der Waals surface area contributed by atoms with Gasteiger partial charge >= 0.3 is 0 Å². The second kappa shape index (κ2) is 7.67. The summed E-state index contributed by atoms with van der Waals surface area (Å²) < 4.78 is 10.6. The minimum atomic E-state index is -0.289. The van der Waals surface area contributed by atoms with Gasteiger partial charge in [-0.1, -0.05) is 12.1 Å². The van der Waals surface area contributed by atoms with Crippen molar-refractivity contribution in [3.05, 3.63) is 60.0 Å². The van der Waals surface area contributed by atoms with Crippen LogP contribution in [0.15, 0.2) is 48.5 Å². The lowest BCUT2D eigenvalue weighted by atomic mass is 10.1. The van der Waals surface area contributed by atoms with Crippen LogP contribution in [0.5, 0.6) is 11.5 Å². The maximum absolute atomic E-state index is 12.6. The largest absolute Gasteiger partial charge is 0.493 e. The molecule has 0 unspecified atom stereocenters. The number of imidazole rings is 1. The first kappa shape index (κ1) is 18.5. The highest BCUT2D eigenvalue weighted by molar-refractivity contribution is 5.93. The fourth-order valence-electron chi connectivity index (χ4n) is 3.10. The van der Waals surface area contributed by atoms with Crippen molar-refractivity contribution in [2.75, 3.05) is 14.2 Å². The molecule has 29 heavy (non-hydrogen) atoms. The van der Waals surface area contributed by atoms with Crippen LogP contribution < -0.4 is 14.8 Å². The van der Waals surface area contributed by atoms with Crippen LogP contribution in [0.1, 0.15) is 29.3 Å². The molecule has 4 rings (SSSR count). The number of carbonyl (C=O) groups is 1. The van der Waals surface area contributed by atoms with Gasteiger partial charge in [0.2, 0.25) is 0 Å². The SMILES string of the molecule is COc1ccc(-c2cc(C(=O)N[C@@H](C)c3nc4ccccc4[nH]3)[nH]n2)cc1OC. The first-order chi connectivity index (χ1) is 14.1. The standard InChI is InChI=1S/C21H21N5O3/c1-12(20-23-14-6-4-5-7-15(14)24-20)22-21(27)17-11-16(25-26-17)13-8-9-18(28-2)19(10-13)29-3/h4-12H,1-3H3,(H,22,27)(H,23,24)(H,25,26)/t12-/m0/s1. The maximum Gasteiger partial charge on any atom is 0.269 e. The van der Waals surface area contributed by atoms with Crippen LogP contribution in [0.3, 0.4) is 0 Å². The smallest absolute Gasteiger partial charge is 0.269 e. The second-order valence-electron chi connectivity index (χ2n) is 6.57. The number of nitrogens with one attached hydrogen (secondary N) is 3. The zero-order chi connectivity index (χ0) is 20.4. The molecule has 148 valence electrons. The van der Waals surface area contributed by atoms with E-state index >= 15 is 0 Å². The van der Waals surface area contributed by atoms with E-state index in [0.29, 0.717) is 28.7 Å². The first-order valence-corrected chi connectivity index (χ1v) is 9.12. The van der Waals surface area contributed by atoms with Crippen LogP contribution in [-0.4, -0.2) is 40.3 Å². The van der Waals surface area contributed by atoms with Gasteiger partial charge in [-0.15, -0.1) is 0 Å². The van der Waals surface area contributed by atoms with Crippen LogP contribution in [0.2, 0.25) is 0 Å². The number of aromatic amines is 2. The Morgan fingerprint density at radius 3 is 2.62 bits per heavy atom. The minimum Gasteiger partial charge on any atom is -0.493 e. The van der Waals surface area contributed by atoms with Gasteiger partial charge < -0.3 is 19.8 Å². The van der Waals surface area contributed by atoms with E-state index in [9.17, 15) is 4.79 Å². The molecule has 0 aliphatic carbocycles. The van der Waals surface area contributed by atoms with Gasteiger partial charge in [-0.05, 0) is 43.3 Å². The molecule has 0 saturated heterocycles. The van der Waals surface area contributed by atoms with Crippen molar-refractivity contribution in [1.29, 1.82) is 0 Å². The summed E-state index contributed by atoms with van der Waals surface area (Å²) in [6, 6.07) is 14.6. The summed E-state index contributed by atoms with van der Waals surface area (Å²) in [5.41, 5.74) is 3.59. The van der Waals surface area contributed by atoms with E-state index in [4.69, 9.17) is 9.47 Å². The van der Waals surface area contributed by atoms with Gasteiger partial charge in [0, 0.05) is 5.56 Å². The number of para-hydroxylation sites is 2. The molecule has 0 saturated carbocycles. The monoisotopic (exact) mass is 391 g/mol. The summed E-state index contributed by atoms with van der Waals surface area (Å²) in [7, 11) is 3.15. The van der Waals surface area contributed by atoms with E-state index < -0.39 is 0 Å². The van der Waals surface area contributed by atoms with Crippen molar-refractivity contribution in [2.45, 2.75) is 13.0 Å². The van der Waals surface area contributed by atoms with E-state index in [0.717, 1.165) is 16.6 Å². The van der Waals surface area contributed by atoms with Crippen molar-refractivity contribution in [1.82, 2.24) is 25.5 Å². The summed E-state index contributed by atoms with van der Waals surface area (Å²) in [5, 5.41) is 9.97. The Hall–Kier alpha value is -3.81. The van der Waals surface area contributed by atoms with Gasteiger partial charge in [0.15, 0.2) is 11.5 Å². The molecule has 0 aliphatic rings. The van der Waals surface area contributed by atoms with Crippen LogP contribution in [0, 0.1) is 0 Å². The summed E-state index contributed by atoms with van der Waals surface area (Å²) in [5.74, 6) is 1.65. The molecule has 0 fully saturated rings. The summed E-state index contributed by atoms with van der Waals surface area (Å²) in [6.07, 6.45) is 0. The molecule has 0 spiro atoms. The number of carbonyl (C=O) groups excluding carboxylic acids is 1. The highest BCUT2D eigenvalue weighted by Crippen LogP contribution is 2.31. The number of hydrogen-bond donors (Lipinski definition) is 3. The van der Waals surface area contributed by atoms with Gasteiger partial charge in [0.25, 0.3) is 5.91 Å². The molecular weight excluding hydrogens is 370 g/mol. The number of hydrogen-bond acceptors (Lipinski definition) is 5. The van der Waals surface area contributed by atoms with E-state index in [2.05, 4.69) is 25.5 Å². The number of H-pyrrole nitrogens is 2. The predicted octanol–water partition coefficient (Wildman–Crippen LogP) is 3.46. The Labute approximate surface area is 167 Å². The molecule has 0 aliphatic heterocycles. The van der Waals surface area contributed by atoms with Crippen molar-refractivity contribution < 1.29 is 14.3 Å². The van der Waals surface area contributed by atoms with Crippen molar-refractivity contribution in [3.63, 3.8) is 0 Å². The van der Waals surface area contributed by atoms with Gasteiger partial charge in [-0.3, -0.25) is 9.89 Å². The molecule has 2 heterocycles. The van der Waals surface area contributed by atoms with E-state index in [-0.39, 0.29) is 11.9 Å². The Bertz CT molecular complexity index is 1130. The Morgan fingerprint density at radius 2 is 1.86 bits per heavy atom. The lowest BCUT2D eigenvalue weighted by Gasteiger charge is -2.10. The number of benzene rings is 2. The maximum atomic E-state index is 12.6. The second-order valence-corrected chi connectivity index (χ2v) is 6.57. The number of aromatic nitrogens is 4.